The first-order valence-corrected chi connectivity index (χ1v) is 6.30. The highest BCUT2D eigenvalue weighted by Gasteiger charge is 2.05. The third-order valence-corrected chi connectivity index (χ3v) is 2.98. The first-order valence-electron chi connectivity index (χ1n) is 6.30. The van der Waals surface area contributed by atoms with Gasteiger partial charge in [0.1, 0.15) is 5.75 Å². The van der Waals surface area contributed by atoms with Crippen LogP contribution in [0.2, 0.25) is 0 Å². The smallest absolute Gasteiger partial charge is 0.219 e. The molecule has 2 aromatic rings. The zero-order valence-corrected chi connectivity index (χ0v) is 11.4. The van der Waals surface area contributed by atoms with Crippen LogP contribution in [0, 0.1) is 6.92 Å². The maximum atomic E-state index is 10.5. The van der Waals surface area contributed by atoms with Crippen LogP contribution in [-0.2, 0) is 0 Å². The van der Waals surface area contributed by atoms with E-state index in [1.54, 1.807) is 12.1 Å². The van der Waals surface area contributed by atoms with Gasteiger partial charge in [0.2, 0.25) is 5.88 Å². The lowest BCUT2D eigenvalue weighted by atomic mass is 9.98. The van der Waals surface area contributed by atoms with E-state index >= 15 is 0 Å². The average Bonchev–Trinajstić information content (AvgIpc) is 2.39. The Morgan fingerprint density at radius 3 is 2.53 bits per heavy atom. The number of aromatic nitrogens is 1. The van der Waals surface area contributed by atoms with Crippen LogP contribution in [0.25, 0.3) is 0 Å². The molecule has 19 heavy (non-hydrogen) atoms. The standard InChI is InChI=1S/C16H17NO2/c1-11(2)15-6-5-14(8-12(15)3)19-16-7-4-13(10-18)9-17-16/h4-11H,1-3H3. The van der Waals surface area contributed by atoms with E-state index in [-0.39, 0.29) is 0 Å². The first-order chi connectivity index (χ1) is 9.10. The van der Waals surface area contributed by atoms with E-state index in [9.17, 15) is 4.79 Å². The largest absolute Gasteiger partial charge is 0.439 e. The van der Waals surface area contributed by atoms with E-state index in [0.29, 0.717) is 17.4 Å². The summed E-state index contributed by atoms with van der Waals surface area (Å²) in [6, 6.07) is 9.40. The summed E-state index contributed by atoms with van der Waals surface area (Å²) in [6.45, 7) is 6.41. The molecular formula is C16H17NO2. The van der Waals surface area contributed by atoms with Crippen LogP contribution in [0.4, 0.5) is 0 Å². The number of nitrogens with zero attached hydrogens (tertiary/aromatic N) is 1. The van der Waals surface area contributed by atoms with Crippen molar-refractivity contribution >= 4 is 6.29 Å². The zero-order valence-electron chi connectivity index (χ0n) is 11.4. The molecule has 0 atom stereocenters. The van der Waals surface area contributed by atoms with Gasteiger partial charge in [-0.05, 0) is 42.2 Å². The normalized spacial score (nSPS) is 10.5. The lowest BCUT2D eigenvalue weighted by Gasteiger charge is -2.11. The molecule has 1 aromatic heterocycles. The topological polar surface area (TPSA) is 39.2 Å². The number of aldehydes is 1. The van der Waals surface area contributed by atoms with Gasteiger partial charge in [0.05, 0.1) is 0 Å². The number of rotatable bonds is 4. The van der Waals surface area contributed by atoms with Gasteiger partial charge in [-0.25, -0.2) is 4.98 Å². The van der Waals surface area contributed by atoms with Crippen LogP contribution in [0.15, 0.2) is 36.5 Å². The molecule has 0 saturated heterocycles. The van der Waals surface area contributed by atoms with Crippen molar-refractivity contribution in [2.45, 2.75) is 26.7 Å². The first kappa shape index (κ1) is 13.3. The molecule has 2 rings (SSSR count). The highest BCUT2D eigenvalue weighted by Crippen LogP contribution is 2.26. The molecule has 3 heteroatoms. The third-order valence-electron chi connectivity index (χ3n) is 2.98. The molecule has 0 spiro atoms. The van der Waals surface area contributed by atoms with Gasteiger partial charge in [-0.1, -0.05) is 19.9 Å². The Balaban J connectivity index is 2.18. The number of carbonyl (C=O) groups is 1. The summed E-state index contributed by atoms with van der Waals surface area (Å²) in [4.78, 5) is 14.6. The Hall–Kier alpha value is -2.16. The average molecular weight is 255 g/mol. The van der Waals surface area contributed by atoms with Gasteiger partial charge in [-0.15, -0.1) is 0 Å². The molecule has 1 aromatic carbocycles. The molecular weight excluding hydrogens is 238 g/mol. The van der Waals surface area contributed by atoms with Crippen LogP contribution in [0.5, 0.6) is 11.6 Å². The molecule has 0 aliphatic carbocycles. The Labute approximate surface area is 113 Å². The summed E-state index contributed by atoms with van der Waals surface area (Å²) >= 11 is 0. The van der Waals surface area contributed by atoms with Crippen LogP contribution in [-0.4, -0.2) is 11.3 Å². The fourth-order valence-electron chi connectivity index (χ4n) is 2.00. The van der Waals surface area contributed by atoms with Gasteiger partial charge in [0, 0.05) is 17.8 Å². The molecule has 0 amide bonds. The second kappa shape index (κ2) is 5.65. The molecule has 0 aliphatic rings. The fourth-order valence-corrected chi connectivity index (χ4v) is 2.00. The van der Waals surface area contributed by atoms with Crippen molar-refractivity contribution in [2.24, 2.45) is 0 Å². The minimum absolute atomic E-state index is 0.488. The fraction of sp³-hybridized carbons (Fsp3) is 0.250. The van der Waals surface area contributed by atoms with Crippen LogP contribution in [0.3, 0.4) is 0 Å². The van der Waals surface area contributed by atoms with Gasteiger partial charge < -0.3 is 4.74 Å². The van der Waals surface area contributed by atoms with Crippen molar-refractivity contribution in [3.8, 4) is 11.6 Å². The molecule has 0 radical (unpaired) electrons. The van der Waals surface area contributed by atoms with Gasteiger partial charge in [-0.3, -0.25) is 4.79 Å². The Morgan fingerprint density at radius 1 is 1.21 bits per heavy atom. The van der Waals surface area contributed by atoms with Gasteiger partial charge in [0.15, 0.2) is 6.29 Å². The summed E-state index contributed by atoms with van der Waals surface area (Å²) < 4.78 is 5.67. The Bertz CT molecular complexity index is 574. The number of ether oxygens (including phenoxy) is 1. The Kier molecular flexibility index (Phi) is 3.95. The quantitative estimate of drug-likeness (QED) is 0.771. The predicted molar refractivity (Wildman–Crippen MR) is 75.0 cm³/mol. The minimum Gasteiger partial charge on any atom is -0.439 e. The maximum Gasteiger partial charge on any atom is 0.219 e. The summed E-state index contributed by atoms with van der Waals surface area (Å²) in [5, 5.41) is 0. The number of benzene rings is 1. The summed E-state index contributed by atoms with van der Waals surface area (Å²) in [5.74, 6) is 1.74. The molecule has 1 heterocycles. The summed E-state index contributed by atoms with van der Waals surface area (Å²) in [5.41, 5.74) is 3.06. The number of carbonyl (C=O) groups excluding carboxylic acids is 1. The summed E-state index contributed by atoms with van der Waals surface area (Å²) in [6.07, 6.45) is 2.26. The van der Waals surface area contributed by atoms with Crippen molar-refractivity contribution in [3.63, 3.8) is 0 Å². The van der Waals surface area contributed by atoms with E-state index in [1.165, 1.54) is 17.3 Å². The van der Waals surface area contributed by atoms with E-state index in [0.717, 1.165) is 12.0 Å². The van der Waals surface area contributed by atoms with Crippen molar-refractivity contribution in [1.82, 2.24) is 4.98 Å². The van der Waals surface area contributed by atoms with Gasteiger partial charge in [-0.2, -0.15) is 0 Å². The molecule has 98 valence electrons. The van der Waals surface area contributed by atoms with Crippen LogP contribution >= 0.6 is 0 Å². The Morgan fingerprint density at radius 2 is 2.00 bits per heavy atom. The second-order valence-corrected chi connectivity index (χ2v) is 4.82. The molecule has 0 unspecified atom stereocenters. The van der Waals surface area contributed by atoms with Crippen molar-refractivity contribution in [3.05, 3.63) is 53.2 Å². The van der Waals surface area contributed by atoms with E-state index in [2.05, 4.69) is 31.8 Å². The highest BCUT2D eigenvalue weighted by molar-refractivity contribution is 5.74. The van der Waals surface area contributed by atoms with Crippen LogP contribution in [0.1, 0.15) is 41.3 Å². The summed E-state index contributed by atoms with van der Waals surface area (Å²) in [7, 11) is 0. The predicted octanol–water partition coefficient (Wildman–Crippen LogP) is 4.12. The number of aryl methyl sites for hydroxylation is 1. The maximum absolute atomic E-state index is 10.5. The molecule has 0 aliphatic heterocycles. The molecule has 0 N–H and O–H groups in total. The van der Waals surface area contributed by atoms with Crippen molar-refractivity contribution < 1.29 is 9.53 Å². The zero-order chi connectivity index (χ0) is 13.8. The lowest BCUT2D eigenvalue weighted by molar-refractivity contribution is 0.112. The second-order valence-electron chi connectivity index (χ2n) is 4.82. The van der Waals surface area contributed by atoms with E-state index in [1.807, 2.05) is 12.1 Å². The number of hydrogen-bond acceptors (Lipinski definition) is 3. The monoisotopic (exact) mass is 255 g/mol. The molecule has 0 fully saturated rings. The van der Waals surface area contributed by atoms with E-state index < -0.39 is 0 Å². The molecule has 0 saturated carbocycles. The van der Waals surface area contributed by atoms with E-state index in [4.69, 9.17) is 4.74 Å². The van der Waals surface area contributed by atoms with Crippen molar-refractivity contribution in [2.75, 3.05) is 0 Å². The van der Waals surface area contributed by atoms with Crippen molar-refractivity contribution in [1.29, 1.82) is 0 Å². The molecule has 0 bridgehead atoms. The van der Waals surface area contributed by atoms with Gasteiger partial charge in [0.25, 0.3) is 0 Å². The van der Waals surface area contributed by atoms with Crippen LogP contribution < -0.4 is 4.74 Å². The number of hydrogen-bond donors (Lipinski definition) is 0. The number of pyridine rings is 1. The minimum atomic E-state index is 0.488. The SMILES string of the molecule is Cc1cc(Oc2ccc(C=O)cn2)ccc1C(C)C. The highest BCUT2D eigenvalue weighted by atomic mass is 16.5. The lowest BCUT2D eigenvalue weighted by Crippen LogP contribution is -1.94. The molecule has 3 nitrogen and oxygen atoms in total. The van der Waals surface area contributed by atoms with Gasteiger partial charge >= 0.3 is 0 Å². The third kappa shape index (κ3) is 3.19.